The minimum absolute atomic E-state index is 0.266. The molecule has 1 aliphatic heterocycles. The topological polar surface area (TPSA) is 103 Å². The monoisotopic (exact) mass is 379 g/mol. The highest BCUT2D eigenvalue weighted by Gasteiger charge is 2.58. The molecule has 142 valence electrons. The van der Waals surface area contributed by atoms with Crippen LogP contribution < -0.4 is 0 Å². The van der Waals surface area contributed by atoms with Crippen LogP contribution in [-0.4, -0.2) is 36.7 Å². The molecule has 1 heterocycles. The Hall–Kier alpha value is -3.66. The summed E-state index contributed by atoms with van der Waals surface area (Å²) < 4.78 is 15.8. The molecule has 0 saturated carbocycles. The lowest BCUT2D eigenvalue weighted by atomic mass is 9.85. The van der Waals surface area contributed by atoms with E-state index >= 15 is 0 Å². The molecule has 2 aromatic rings. The average Bonchev–Trinajstić information content (AvgIpc) is 2.98. The van der Waals surface area contributed by atoms with Gasteiger partial charge < -0.3 is 14.2 Å². The fraction of sp³-hybridized carbons (Fsp3) is 0.238. The van der Waals surface area contributed by atoms with Gasteiger partial charge in [0.05, 0.1) is 17.2 Å². The first-order chi connectivity index (χ1) is 13.5. The molecule has 3 rings (SSSR count). The summed E-state index contributed by atoms with van der Waals surface area (Å²) in [7, 11) is 0. The van der Waals surface area contributed by atoms with Crippen molar-refractivity contribution >= 4 is 17.9 Å². The zero-order valence-electron chi connectivity index (χ0n) is 15.0. The van der Waals surface area contributed by atoms with Crippen LogP contribution in [0.1, 0.15) is 27.6 Å². The second kappa shape index (κ2) is 7.92. The number of carbonyl (C=O) groups excluding carboxylic acids is 3. The van der Waals surface area contributed by atoms with Crippen molar-refractivity contribution in [1.82, 2.24) is 0 Å². The molecule has 1 fully saturated rings. The van der Waals surface area contributed by atoms with Gasteiger partial charge in [0, 0.05) is 0 Å². The number of cyclic esters (lactones) is 1. The Morgan fingerprint density at radius 3 is 2.11 bits per heavy atom. The van der Waals surface area contributed by atoms with Crippen molar-refractivity contribution in [2.24, 2.45) is 5.41 Å². The van der Waals surface area contributed by atoms with Gasteiger partial charge >= 0.3 is 17.9 Å². The zero-order chi connectivity index (χ0) is 20.1. The van der Waals surface area contributed by atoms with E-state index in [1.165, 1.54) is 6.92 Å². The Bertz CT molecular complexity index is 921. The summed E-state index contributed by atoms with van der Waals surface area (Å²) in [5.74, 6) is -2.15. The molecule has 0 radical (unpaired) electrons. The molecule has 2 unspecified atom stereocenters. The van der Waals surface area contributed by atoms with Crippen LogP contribution in [0, 0.1) is 16.7 Å². The van der Waals surface area contributed by atoms with E-state index in [1.54, 1.807) is 60.7 Å². The fourth-order valence-corrected chi connectivity index (χ4v) is 2.81. The van der Waals surface area contributed by atoms with Crippen molar-refractivity contribution in [3.05, 3.63) is 71.8 Å². The zero-order valence-corrected chi connectivity index (χ0v) is 15.0. The number of benzene rings is 2. The highest BCUT2D eigenvalue weighted by molar-refractivity contribution is 5.91. The lowest BCUT2D eigenvalue weighted by Crippen LogP contribution is -2.41. The minimum Gasteiger partial charge on any atom is -0.458 e. The number of nitriles is 1. The van der Waals surface area contributed by atoms with Crippen molar-refractivity contribution < 1.29 is 28.6 Å². The van der Waals surface area contributed by atoms with Crippen LogP contribution in [0.15, 0.2) is 60.7 Å². The van der Waals surface area contributed by atoms with Gasteiger partial charge in [0.15, 0.2) is 17.6 Å². The van der Waals surface area contributed by atoms with Crippen molar-refractivity contribution in [3.8, 4) is 6.07 Å². The SMILES string of the molecule is C[C@]1(C#N)C(=O)OC(COC(=O)c2ccccc2)C1OC(=O)c1ccccc1. The largest absolute Gasteiger partial charge is 0.458 e. The molecule has 7 nitrogen and oxygen atoms in total. The van der Waals surface area contributed by atoms with Gasteiger partial charge in [0.25, 0.3) is 0 Å². The maximum Gasteiger partial charge on any atom is 0.338 e. The molecule has 28 heavy (non-hydrogen) atoms. The fourth-order valence-electron chi connectivity index (χ4n) is 2.81. The third kappa shape index (κ3) is 3.71. The smallest absolute Gasteiger partial charge is 0.338 e. The summed E-state index contributed by atoms with van der Waals surface area (Å²) in [6.07, 6.45) is -2.31. The van der Waals surface area contributed by atoms with Gasteiger partial charge in [-0.15, -0.1) is 0 Å². The predicted octanol–water partition coefficient (Wildman–Crippen LogP) is 2.52. The summed E-state index contributed by atoms with van der Waals surface area (Å²) in [4.78, 5) is 36.7. The first kappa shape index (κ1) is 19.1. The predicted molar refractivity (Wildman–Crippen MR) is 96.0 cm³/mol. The number of hydrogen-bond acceptors (Lipinski definition) is 7. The van der Waals surface area contributed by atoms with E-state index in [2.05, 4.69) is 0 Å². The number of hydrogen-bond donors (Lipinski definition) is 0. The van der Waals surface area contributed by atoms with Crippen LogP contribution in [0.25, 0.3) is 0 Å². The summed E-state index contributed by atoms with van der Waals surface area (Å²) in [5.41, 5.74) is -1.11. The Morgan fingerprint density at radius 2 is 1.57 bits per heavy atom. The molecule has 0 aliphatic carbocycles. The highest BCUT2D eigenvalue weighted by Crippen LogP contribution is 2.36. The van der Waals surface area contributed by atoms with Crippen LogP contribution in [-0.2, 0) is 19.0 Å². The van der Waals surface area contributed by atoms with Crippen LogP contribution in [0.2, 0.25) is 0 Å². The van der Waals surface area contributed by atoms with Gasteiger partial charge in [0.1, 0.15) is 6.61 Å². The molecule has 2 aromatic carbocycles. The number of esters is 3. The van der Waals surface area contributed by atoms with Crippen molar-refractivity contribution in [2.45, 2.75) is 19.1 Å². The number of carbonyl (C=O) groups is 3. The third-order valence-electron chi connectivity index (χ3n) is 4.45. The number of ether oxygens (including phenoxy) is 3. The van der Waals surface area contributed by atoms with Gasteiger partial charge in [-0.05, 0) is 31.2 Å². The first-order valence-electron chi connectivity index (χ1n) is 8.56. The molecule has 0 amide bonds. The van der Waals surface area contributed by atoms with Gasteiger partial charge in [-0.1, -0.05) is 36.4 Å². The highest BCUT2D eigenvalue weighted by atomic mass is 16.6. The molecule has 1 saturated heterocycles. The summed E-state index contributed by atoms with van der Waals surface area (Å²) in [5, 5.41) is 9.47. The van der Waals surface area contributed by atoms with Gasteiger partial charge in [0.2, 0.25) is 0 Å². The molecule has 7 heteroatoms. The van der Waals surface area contributed by atoms with Gasteiger partial charge in [-0.25, -0.2) is 9.59 Å². The van der Waals surface area contributed by atoms with Crippen molar-refractivity contribution in [3.63, 3.8) is 0 Å². The average molecular weight is 379 g/mol. The lowest BCUT2D eigenvalue weighted by Gasteiger charge is -2.23. The second-order valence-corrected chi connectivity index (χ2v) is 6.41. The van der Waals surface area contributed by atoms with Crippen LogP contribution in [0.3, 0.4) is 0 Å². The standard InChI is InChI=1S/C21H17NO6/c1-21(13-22)17(28-19(24)15-10-6-3-7-11-15)16(27-20(21)25)12-26-18(23)14-8-4-2-5-9-14/h2-11,16-17H,12H2,1H3/t16?,17?,21-/m1/s1. The van der Waals surface area contributed by atoms with Gasteiger partial charge in [-0.3, -0.25) is 4.79 Å². The summed E-state index contributed by atoms with van der Waals surface area (Å²) in [6, 6.07) is 18.3. The Kier molecular flexibility index (Phi) is 5.41. The van der Waals surface area contributed by atoms with E-state index in [-0.39, 0.29) is 12.2 Å². The minimum atomic E-state index is -1.70. The maximum absolute atomic E-state index is 12.4. The Labute approximate surface area is 161 Å². The molecular formula is C21H17NO6. The van der Waals surface area contributed by atoms with E-state index < -0.39 is 35.5 Å². The van der Waals surface area contributed by atoms with E-state index in [4.69, 9.17) is 14.2 Å². The first-order valence-corrected chi connectivity index (χ1v) is 8.56. The van der Waals surface area contributed by atoms with Crippen LogP contribution >= 0.6 is 0 Å². The lowest BCUT2D eigenvalue weighted by molar-refractivity contribution is -0.147. The molecule has 1 aliphatic rings. The number of rotatable bonds is 5. The summed E-state index contributed by atoms with van der Waals surface area (Å²) in [6.45, 7) is 0.987. The Morgan fingerprint density at radius 1 is 1.04 bits per heavy atom. The van der Waals surface area contributed by atoms with E-state index in [0.717, 1.165) is 0 Å². The van der Waals surface area contributed by atoms with E-state index in [0.29, 0.717) is 5.56 Å². The van der Waals surface area contributed by atoms with Crippen molar-refractivity contribution in [2.75, 3.05) is 6.61 Å². The molecule has 0 spiro atoms. The quantitative estimate of drug-likeness (QED) is 0.581. The van der Waals surface area contributed by atoms with E-state index in [1.807, 2.05) is 6.07 Å². The normalized spacial score (nSPS) is 23.4. The van der Waals surface area contributed by atoms with Crippen molar-refractivity contribution in [1.29, 1.82) is 5.26 Å². The second-order valence-electron chi connectivity index (χ2n) is 6.41. The number of nitrogens with zero attached hydrogens (tertiary/aromatic N) is 1. The van der Waals surface area contributed by atoms with Crippen LogP contribution in [0.5, 0.6) is 0 Å². The Balaban J connectivity index is 1.75. The molecule has 0 N–H and O–H groups in total. The van der Waals surface area contributed by atoms with Gasteiger partial charge in [-0.2, -0.15) is 5.26 Å². The molecule has 0 aromatic heterocycles. The summed E-state index contributed by atoms with van der Waals surface area (Å²) >= 11 is 0. The molecule has 0 bridgehead atoms. The molecular weight excluding hydrogens is 362 g/mol. The molecule has 3 atom stereocenters. The van der Waals surface area contributed by atoms with Crippen LogP contribution in [0.4, 0.5) is 0 Å². The van der Waals surface area contributed by atoms with E-state index in [9.17, 15) is 19.6 Å². The third-order valence-corrected chi connectivity index (χ3v) is 4.45. The maximum atomic E-state index is 12.4.